The lowest BCUT2D eigenvalue weighted by atomic mass is 9.98. The number of carbonyl (C=O) groups excluding carboxylic acids is 12. The molecule has 33 nitrogen and oxygen atoms in total. The molecule has 101 heavy (non-hydrogen) atoms. The van der Waals surface area contributed by atoms with Gasteiger partial charge in [-0.1, -0.05) is 87.0 Å². The quantitative estimate of drug-likeness (QED) is 0.0204. The highest BCUT2D eigenvalue weighted by molar-refractivity contribution is 5.99. The first-order chi connectivity index (χ1) is 47.7. The number of benzene rings is 4. The summed E-state index contributed by atoms with van der Waals surface area (Å²) in [5, 5.41) is 95.7. The van der Waals surface area contributed by atoms with Crippen molar-refractivity contribution in [1.29, 1.82) is 0 Å². The molecule has 1 saturated heterocycles. The standard InChI is InChI=1S/C68H91N13O20/c1-6-35(2)55(63(95)71-33-53(89)73-48(30-40-14-20-43(85)21-15-40)60(92)74-47(26-27-52(70)88)67(99)81-28-10-13-51(81)62(94)76-50(68(100)101)32-42-18-24-45(87)25-19-42)77-54(90)34-72-64(96)56(36(3)82)79-66(98)58(38(5)84)80-65(97)57(37(4)83)78-61(93)49(31-41-16-22-44(86)23-17-41)75-59(91)46(69)29-39-11-8-7-9-12-39/h7-9,11-12,14-25,35-38,46-51,55-58,82-87H,6,10,13,26-34,69H2,1-5H3,(H2,70,88)(H,71,95)(H,72,96)(H,73,89)(H,74,92)(H,75,91)(H,76,94)(H,77,90)(H,78,93)(H,79,98)(H,80,97)(H,100,101)/t35-,36+,37+,38+,46-,47-,48-,49-,50+,51+,55-,56-,57-,58-/m0/s1. The molecule has 1 heterocycles. The minimum absolute atomic E-state index is 0.0112. The first kappa shape index (κ1) is 80.9. The first-order valence-corrected chi connectivity index (χ1v) is 32.7. The number of carboxylic acid groups (broad SMARTS) is 1. The number of aliphatic hydroxyl groups is 3. The summed E-state index contributed by atoms with van der Waals surface area (Å²) >= 11 is 0. The van der Waals surface area contributed by atoms with Crippen LogP contribution in [0, 0.1) is 5.92 Å². The fraction of sp³-hybridized carbons (Fsp3) is 0.456. The van der Waals surface area contributed by atoms with Gasteiger partial charge in [-0.3, -0.25) is 57.5 Å². The number of nitrogens with zero attached hydrogens (tertiary/aromatic N) is 1. The second-order valence-electron chi connectivity index (χ2n) is 24.8. The highest BCUT2D eigenvalue weighted by Gasteiger charge is 2.41. The number of primary amides is 1. The molecule has 0 aromatic heterocycles. The van der Waals surface area contributed by atoms with Gasteiger partial charge < -0.3 is 105 Å². The zero-order chi connectivity index (χ0) is 74.8. The lowest BCUT2D eigenvalue weighted by Crippen LogP contribution is -2.64. The summed E-state index contributed by atoms with van der Waals surface area (Å²) in [6.07, 6.45) is -5.86. The molecule has 1 fully saturated rings. The minimum Gasteiger partial charge on any atom is -0.508 e. The third-order valence-electron chi connectivity index (χ3n) is 16.6. The Hall–Kier alpha value is -10.8. The van der Waals surface area contributed by atoms with Gasteiger partial charge in [-0.25, -0.2) is 4.79 Å². The van der Waals surface area contributed by atoms with E-state index in [-0.39, 0.29) is 75.2 Å². The molecule has 21 N–H and O–H groups in total. The van der Waals surface area contributed by atoms with E-state index in [0.29, 0.717) is 16.7 Å². The van der Waals surface area contributed by atoms with Crippen LogP contribution in [0.5, 0.6) is 17.2 Å². The number of aromatic hydroxyl groups is 3. The Labute approximate surface area is 581 Å². The van der Waals surface area contributed by atoms with Crippen LogP contribution in [0.15, 0.2) is 103 Å². The summed E-state index contributed by atoms with van der Waals surface area (Å²) in [6.45, 7) is 4.85. The Bertz CT molecular complexity index is 3530. The van der Waals surface area contributed by atoms with E-state index in [1.807, 2.05) is 0 Å². The summed E-state index contributed by atoms with van der Waals surface area (Å²) in [5.74, 6) is -14.1. The van der Waals surface area contributed by atoms with E-state index in [1.165, 1.54) is 72.8 Å². The van der Waals surface area contributed by atoms with Gasteiger partial charge in [-0.2, -0.15) is 0 Å². The number of hydrogen-bond donors (Lipinski definition) is 19. The van der Waals surface area contributed by atoms with Crippen LogP contribution in [-0.2, 0) is 88.0 Å². The summed E-state index contributed by atoms with van der Waals surface area (Å²) in [4.78, 5) is 178. The number of likely N-dealkylation sites (tertiary alicyclic amines) is 1. The van der Waals surface area contributed by atoms with E-state index in [2.05, 4.69) is 53.2 Å². The van der Waals surface area contributed by atoms with E-state index < -0.39 is 181 Å². The van der Waals surface area contributed by atoms with Crippen molar-refractivity contribution >= 4 is 76.9 Å². The smallest absolute Gasteiger partial charge is 0.326 e. The largest absolute Gasteiger partial charge is 0.508 e. The zero-order valence-electron chi connectivity index (χ0n) is 56.4. The fourth-order valence-corrected chi connectivity index (χ4v) is 10.7. The predicted molar refractivity (Wildman–Crippen MR) is 360 cm³/mol. The van der Waals surface area contributed by atoms with Crippen LogP contribution in [0.1, 0.15) is 89.0 Å². The normalized spacial score (nSPS) is 16.5. The summed E-state index contributed by atoms with van der Waals surface area (Å²) in [6, 6.07) is 10.2. The number of amides is 12. The molecule has 0 aliphatic carbocycles. The fourth-order valence-electron chi connectivity index (χ4n) is 10.7. The molecule has 1 aliphatic rings. The van der Waals surface area contributed by atoms with Crippen LogP contribution in [0.2, 0.25) is 0 Å². The van der Waals surface area contributed by atoms with Crippen LogP contribution in [0.4, 0.5) is 0 Å². The average Bonchev–Trinajstić information content (AvgIpc) is 1.76. The topological polar surface area (TPSA) is 539 Å². The van der Waals surface area contributed by atoms with Crippen LogP contribution < -0.4 is 64.6 Å². The number of phenols is 3. The van der Waals surface area contributed by atoms with Crippen molar-refractivity contribution in [1.82, 2.24) is 58.1 Å². The number of nitrogens with two attached hydrogens (primary N) is 2. The molecule has 0 spiro atoms. The van der Waals surface area contributed by atoms with Crippen molar-refractivity contribution in [3.8, 4) is 17.2 Å². The van der Waals surface area contributed by atoms with Gasteiger partial charge in [0, 0.05) is 32.2 Å². The molecule has 548 valence electrons. The summed E-state index contributed by atoms with van der Waals surface area (Å²) < 4.78 is 0. The number of carbonyl (C=O) groups is 13. The Kier molecular flexibility index (Phi) is 31.3. The molecule has 0 radical (unpaired) electrons. The van der Waals surface area contributed by atoms with Gasteiger partial charge in [-0.15, -0.1) is 0 Å². The molecule has 4 aromatic carbocycles. The third-order valence-corrected chi connectivity index (χ3v) is 16.6. The number of rotatable bonds is 38. The molecule has 0 saturated carbocycles. The van der Waals surface area contributed by atoms with Gasteiger partial charge in [0.2, 0.25) is 70.9 Å². The van der Waals surface area contributed by atoms with Crippen molar-refractivity contribution in [2.45, 2.75) is 171 Å². The first-order valence-electron chi connectivity index (χ1n) is 32.7. The van der Waals surface area contributed by atoms with E-state index in [9.17, 15) is 98.1 Å². The van der Waals surface area contributed by atoms with Crippen LogP contribution >= 0.6 is 0 Å². The maximum absolute atomic E-state index is 14.3. The van der Waals surface area contributed by atoms with Crippen molar-refractivity contribution in [3.05, 3.63) is 125 Å². The van der Waals surface area contributed by atoms with Crippen LogP contribution in [-0.4, -0.2) is 216 Å². The average molecular weight is 1410 g/mol. The molecule has 33 heteroatoms. The van der Waals surface area contributed by atoms with Crippen molar-refractivity contribution in [3.63, 3.8) is 0 Å². The SMILES string of the molecule is CC[C@H](C)[C@H](NC(=O)CNC(=O)[C@@H](NC(=O)[C@@H](NC(=O)[C@@H](NC(=O)[C@H](Cc1ccc(O)cc1)NC(=O)[C@@H](N)Cc1ccccc1)[C@@H](C)O)[C@@H](C)O)[C@@H](C)O)C(=O)NCC(=O)N[C@@H](Cc1ccc(O)cc1)C(=O)N[C@@H](CCC(N)=O)C(=O)N1CCC[C@@H]1C(=O)N[C@H](Cc1ccc(O)cc1)C(=O)O. The van der Waals surface area contributed by atoms with E-state index >= 15 is 0 Å². The second kappa shape index (κ2) is 39.1. The Morgan fingerprint density at radius 2 is 0.881 bits per heavy atom. The molecular weight excluding hydrogens is 1320 g/mol. The molecule has 12 amide bonds. The lowest BCUT2D eigenvalue weighted by Gasteiger charge is -2.30. The third kappa shape index (κ3) is 25.8. The van der Waals surface area contributed by atoms with Gasteiger partial charge in [0.1, 0.15) is 71.6 Å². The number of hydrogen-bond acceptors (Lipinski definition) is 20. The molecule has 0 unspecified atom stereocenters. The number of carboxylic acids is 1. The molecule has 4 aromatic rings. The number of phenolic OH excluding ortho intramolecular Hbond substituents is 3. The predicted octanol–water partition coefficient (Wildman–Crippen LogP) is -3.96. The lowest BCUT2D eigenvalue weighted by molar-refractivity contribution is -0.145. The van der Waals surface area contributed by atoms with Gasteiger partial charge in [-0.05, 0) is 111 Å². The van der Waals surface area contributed by atoms with Gasteiger partial charge >= 0.3 is 5.97 Å². The summed E-state index contributed by atoms with van der Waals surface area (Å²) in [7, 11) is 0. The van der Waals surface area contributed by atoms with E-state index in [4.69, 9.17) is 11.5 Å². The van der Waals surface area contributed by atoms with Crippen molar-refractivity contribution < 1.29 is 98.1 Å². The number of aliphatic carboxylic acids is 1. The Balaban J connectivity index is 1.21. The monoisotopic (exact) mass is 1410 g/mol. The maximum atomic E-state index is 14.3. The van der Waals surface area contributed by atoms with Gasteiger partial charge in [0.25, 0.3) is 0 Å². The molecular formula is C68H91N13O20. The second-order valence-corrected chi connectivity index (χ2v) is 24.8. The highest BCUT2D eigenvalue weighted by Crippen LogP contribution is 2.22. The molecule has 0 bridgehead atoms. The summed E-state index contributed by atoms with van der Waals surface area (Å²) in [5.41, 5.74) is 13.7. The van der Waals surface area contributed by atoms with Gasteiger partial charge in [0.15, 0.2) is 0 Å². The number of nitrogens with one attached hydrogen (secondary N) is 10. The molecule has 14 atom stereocenters. The molecule has 1 aliphatic heterocycles. The van der Waals surface area contributed by atoms with Crippen LogP contribution in [0.25, 0.3) is 0 Å². The molecule has 5 rings (SSSR count). The zero-order valence-corrected chi connectivity index (χ0v) is 56.4. The van der Waals surface area contributed by atoms with E-state index in [0.717, 1.165) is 31.2 Å². The Morgan fingerprint density at radius 3 is 1.34 bits per heavy atom. The van der Waals surface area contributed by atoms with Crippen LogP contribution in [0.3, 0.4) is 0 Å². The number of aliphatic hydroxyl groups excluding tert-OH is 3. The van der Waals surface area contributed by atoms with Gasteiger partial charge in [0.05, 0.1) is 37.4 Å². The highest BCUT2D eigenvalue weighted by atomic mass is 16.4. The van der Waals surface area contributed by atoms with E-state index in [1.54, 1.807) is 44.2 Å². The van der Waals surface area contributed by atoms with Crippen molar-refractivity contribution in [2.75, 3.05) is 19.6 Å². The maximum Gasteiger partial charge on any atom is 0.326 e. The van der Waals surface area contributed by atoms with Crippen molar-refractivity contribution in [2.24, 2.45) is 17.4 Å². The Morgan fingerprint density at radius 1 is 0.475 bits per heavy atom. The minimum atomic E-state index is -1.94.